The van der Waals surface area contributed by atoms with Crippen LogP contribution < -0.4 is 16.4 Å². The lowest BCUT2D eigenvalue weighted by molar-refractivity contribution is -0.150. The zero-order valence-corrected chi connectivity index (χ0v) is 21.5. The van der Waals surface area contributed by atoms with Gasteiger partial charge in [0.2, 0.25) is 17.7 Å². The quantitative estimate of drug-likeness (QED) is 0.167. The van der Waals surface area contributed by atoms with Crippen LogP contribution in [0.3, 0.4) is 0 Å². The maximum absolute atomic E-state index is 13.4. The molecule has 13 nitrogen and oxygen atoms in total. The topological polar surface area (TPSA) is 207 Å². The number of carbonyl (C=O) groups excluding carboxylic acids is 3. The van der Waals surface area contributed by atoms with Crippen LogP contribution in [0.25, 0.3) is 10.9 Å². The van der Waals surface area contributed by atoms with Crippen molar-refractivity contribution in [3.8, 4) is 0 Å². The number of carboxylic acid groups (broad SMARTS) is 1. The largest absolute Gasteiger partial charge is 0.480 e. The van der Waals surface area contributed by atoms with E-state index in [4.69, 9.17) is 5.73 Å². The van der Waals surface area contributed by atoms with Crippen LogP contribution in [-0.2, 0) is 32.0 Å². The molecule has 13 heteroatoms. The fraction of sp³-hybridized carbons (Fsp3) is 0.423. The predicted octanol–water partition coefficient (Wildman–Crippen LogP) is -0.570. The summed E-state index contributed by atoms with van der Waals surface area (Å²) in [6.45, 7) is 1.53. The third-order valence-electron chi connectivity index (χ3n) is 6.93. The number of nitrogens with two attached hydrogens (primary N) is 1. The number of nitrogens with one attached hydrogen (secondary N) is 4. The number of aliphatic carboxylic acids is 1. The predicted molar refractivity (Wildman–Crippen MR) is 140 cm³/mol. The number of aromatic amines is 2. The number of aliphatic hydroxyl groups excluding tert-OH is 1. The lowest BCUT2D eigenvalue weighted by Crippen LogP contribution is -2.60. The van der Waals surface area contributed by atoms with E-state index in [1.54, 1.807) is 6.20 Å². The molecule has 1 aromatic carbocycles. The average Bonchev–Trinajstić information content (AvgIpc) is 3.67. The van der Waals surface area contributed by atoms with Crippen LogP contribution in [0.15, 0.2) is 43.0 Å². The minimum Gasteiger partial charge on any atom is -0.480 e. The highest BCUT2D eigenvalue weighted by Crippen LogP contribution is 2.20. The van der Waals surface area contributed by atoms with Crippen molar-refractivity contribution < 1.29 is 29.4 Å². The van der Waals surface area contributed by atoms with Gasteiger partial charge in [0.25, 0.3) is 0 Å². The molecule has 1 fully saturated rings. The van der Waals surface area contributed by atoms with Gasteiger partial charge in [-0.25, -0.2) is 9.78 Å². The second-order valence-corrected chi connectivity index (χ2v) is 9.77. The van der Waals surface area contributed by atoms with Gasteiger partial charge in [0.1, 0.15) is 18.1 Å². The third kappa shape index (κ3) is 6.44. The Morgan fingerprint density at radius 1 is 1.15 bits per heavy atom. The van der Waals surface area contributed by atoms with E-state index in [9.17, 15) is 29.4 Å². The Morgan fingerprint density at radius 3 is 2.62 bits per heavy atom. The van der Waals surface area contributed by atoms with Crippen LogP contribution in [0.4, 0.5) is 0 Å². The van der Waals surface area contributed by atoms with Crippen molar-refractivity contribution in [2.45, 2.75) is 62.9 Å². The Morgan fingerprint density at radius 2 is 1.92 bits per heavy atom. The van der Waals surface area contributed by atoms with Gasteiger partial charge in [-0.15, -0.1) is 0 Å². The van der Waals surface area contributed by atoms with E-state index in [-0.39, 0.29) is 25.8 Å². The molecule has 5 unspecified atom stereocenters. The molecule has 4 rings (SSSR count). The summed E-state index contributed by atoms with van der Waals surface area (Å²) >= 11 is 0. The molecule has 0 aliphatic carbocycles. The third-order valence-corrected chi connectivity index (χ3v) is 6.93. The van der Waals surface area contributed by atoms with Gasteiger partial charge < -0.3 is 41.4 Å². The van der Waals surface area contributed by atoms with Gasteiger partial charge in [-0.2, -0.15) is 0 Å². The number of aromatic nitrogens is 3. The number of likely N-dealkylation sites (tertiary alicyclic amines) is 1. The number of rotatable bonds is 11. The van der Waals surface area contributed by atoms with Crippen molar-refractivity contribution in [3.63, 3.8) is 0 Å². The van der Waals surface area contributed by atoms with Gasteiger partial charge in [0.05, 0.1) is 18.5 Å². The molecule has 1 aliphatic rings. The number of hydrogen-bond donors (Lipinski definition) is 7. The van der Waals surface area contributed by atoms with E-state index in [2.05, 4.69) is 25.6 Å². The van der Waals surface area contributed by atoms with E-state index in [1.165, 1.54) is 19.4 Å². The van der Waals surface area contributed by atoms with Gasteiger partial charge in [-0.3, -0.25) is 14.4 Å². The molecule has 3 aromatic rings. The molecule has 208 valence electrons. The fourth-order valence-corrected chi connectivity index (χ4v) is 4.84. The summed E-state index contributed by atoms with van der Waals surface area (Å²) in [6, 6.07) is 3.04. The molecule has 0 saturated carbocycles. The molecular weight excluding hydrogens is 506 g/mol. The van der Waals surface area contributed by atoms with Crippen molar-refractivity contribution >= 4 is 34.6 Å². The standard InChI is InChI=1S/C26H33N7O6/c1-14(34)22(25(37)33-8-4-7-21(33)26(38)39)32-24(36)20(10-16-12-28-13-30-16)31-23(35)18(27)9-15-11-29-19-6-3-2-5-17(15)19/h2-3,5-6,11-14,18,20-22,29,34H,4,7-10,27H2,1H3,(H,28,30)(H,31,35)(H,32,36)(H,38,39). The molecule has 39 heavy (non-hydrogen) atoms. The number of benzene rings is 1. The van der Waals surface area contributed by atoms with E-state index in [1.807, 2.05) is 24.3 Å². The smallest absolute Gasteiger partial charge is 0.326 e. The summed E-state index contributed by atoms with van der Waals surface area (Å²) in [5.41, 5.74) is 8.52. The SMILES string of the molecule is CC(O)C(NC(=O)C(Cc1cnc[nH]1)NC(=O)C(N)Cc1c[nH]c2ccccc12)C(=O)N1CCCC1C(=O)O. The van der Waals surface area contributed by atoms with Crippen molar-refractivity contribution in [3.05, 3.63) is 54.2 Å². The Kier molecular flexibility index (Phi) is 8.62. The summed E-state index contributed by atoms with van der Waals surface area (Å²) in [7, 11) is 0. The van der Waals surface area contributed by atoms with Crippen LogP contribution in [0.5, 0.6) is 0 Å². The van der Waals surface area contributed by atoms with Crippen LogP contribution in [0.1, 0.15) is 31.0 Å². The van der Waals surface area contributed by atoms with Gasteiger partial charge in [-0.1, -0.05) is 18.2 Å². The first kappa shape index (κ1) is 27.8. The monoisotopic (exact) mass is 539 g/mol. The minimum atomic E-state index is -1.40. The molecule has 0 spiro atoms. The Bertz CT molecular complexity index is 1320. The highest BCUT2D eigenvalue weighted by molar-refractivity contribution is 5.95. The Hall–Kier alpha value is -4.23. The van der Waals surface area contributed by atoms with Crippen molar-refractivity contribution in [1.82, 2.24) is 30.5 Å². The number of imidazole rings is 1. The molecule has 8 N–H and O–H groups in total. The number of hydrogen-bond acceptors (Lipinski definition) is 7. The molecular formula is C26H33N7O6. The molecule has 0 bridgehead atoms. The lowest BCUT2D eigenvalue weighted by Gasteiger charge is -2.30. The number of H-pyrrole nitrogens is 2. The first-order chi connectivity index (χ1) is 18.7. The zero-order chi connectivity index (χ0) is 28.1. The lowest BCUT2D eigenvalue weighted by atomic mass is 10.0. The van der Waals surface area contributed by atoms with E-state index in [0.29, 0.717) is 12.1 Å². The molecule has 1 aliphatic heterocycles. The average molecular weight is 540 g/mol. The molecule has 2 aromatic heterocycles. The summed E-state index contributed by atoms with van der Waals surface area (Å²) in [5, 5.41) is 25.9. The highest BCUT2D eigenvalue weighted by atomic mass is 16.4. The number of nitrogens with zero attached hydrogens (tertiary/aromatic N) is 2. The van der Waals surface area contributed by atoms with Crippen LogP contribution >= 0.6 is 0 Å². The normalized spacial score (nSPS) is 18.3. The molecule has 3 amide bonds. The van der Waals surface area contributed by atoms with Crippen LogP contribution in [0, 0.1) is 0 Å². The van der Waals surface area contributed by atoms with E-state index in [0.717, 1.165) is 21.4 Å². The fourth-order valence-electron chi connectivity index (χ4n) is 4.84. The summed E-state index contributed by atoms with van der Waals surface area (Å²) in [6.07, 6.45) is 4.41. The van der Waals surface area contributed by atoms with Crippen molar-refractivity contribution in [1.29, 1.82) is 0 Å². The maximum atomic E-state index is 13.4. The number of fused-ring (bicyclic) bond motifs is 1. The van der Waals surface area contributed by atoms with Crippen molar-refractivity contribution in [2.75, 3.05) is 6.54 Å². The molecule has 5 atom stereocenters. The number of amides is 3. The second kappa shape index (κ2) is 12.1. The van der Waals surface area contributed by atoms with Gasteiger partial charge in [0, 0.05) is 42.0 Å². The number of carbonyl (C=O) groups is 4. The molecule has 1 saturated heterocycles. The van der Waals surface area contributed by atoms with Gasteiger partial charge in [0.15, 0.2) is 0 Å². The second-order valence-electron chi connectivity index (χ2n) is 9.77. The maximum Gasteiger partial charge on any atom is 0.326 e. The number of para-hydroxylation sites is 1. The molecule has 0 radical (unpaired) electrons. The highest BCUT2D eigenvalue weighted by Gasteiger charge is 2.40. The Labute approximate surface area is 224 Å². The van der Waals surface area contributed by atoms with Crippen LogP contribution in [0.2, 0.25) is 0 Å². The first-order valence-corrected chi connectivity index (χ1v) is 12.8. The van der Waals surface area contributed by atoms with Gasteiger partial charge in [-0.05, 0) is 37.8 Å². The van der Waals surface area contributed by atoms with Crippen LogP contribution in [-0.4, -0.2) is 90.6 Å². The van der Waals surface area contributed by atoms with Gasteiger partial charge >= 0.3 is 5.97 Å². The van der Waals surface area contributed by atoms with E-state index < -0.39 is 54.0 Å². The summed E-state index contributed by atoms with van der Waals surface area (Å²) in [5.74, 6) is -3.16. The number of carboxylic acids is 1. The van der Waals surface area contributed by atoms with E-state index >= 15 is 0 Å². The van der Waals surface area contributed by atoms with Crippen molar-refractivity contribution in [2.24, 2.45) is 5.73 Å². The number of aliphatic hydroxyl groups is 1. The summed E-state index contributed by atoms with van der Waals surface area (Å²) < 4.78 is 0. The zero-order valence-electron chi connectivity index (χ0n) is 21.5. The molecule has 3 heterocycles. The minimum absolute atomic E-state index is 0.0135. The first-order valence-electron chi connectivity index (χ1n) is 12.8. The summed E-state index contributed by atoms with van der Waals surface area (Å²) in [4.78, 5) is 62.3. The Balaban J connectivity index is 1.48.